The van der Waals surface area contributed by atoms with E-state index in [2.05, 4.69) is 4.98 Å². The van der Waals surface area contributed by atoms with Crippen molar-refractivity contribution < 1.29 is 4.42 Å². The van der Waals surface area contributed by atoms with Crippen molar-refractivity contribution in [3.8, 4) is 0 Å². The highest BCUT2D eigenvalue weighted by Crippen LogP contribution is 2.20. The molecule has 0 bridgehead atoms. The summed E-state index contributed by atoms with van der Waals surface area (Å²) in [7, 11) is 0. The van der Waals surface area contributed by atoms with Gasteiger partial charge in [0.1, 0.15) is 11.3 Å². The zero-order chi connectivity index (χ0) is 8.55. The maximum atomic E-state index is 5.66. The van der Waals surface area contributed by atoms with Gasteiger partial charge in [-0.15, -0.1) is 0 Å². The first kappa shape index (κ1) is 7.31. The Kier molecular flexibility index (Phi) is 1.59. The van der Waals surface area contributed by atoms with Crippen LogP contribution in [0.1, 0.15) is 18.7 Å². The molecule has 0 aliphatic rings. The Hall–Kier alpha value is -1.35. The summed E-state index contributed by atoms with van der Waals surface area (Å²) < 4.78 is 5.44. The fourth-order valence-corrected chi connectivity index (χ4v) is 1.11. The van der Waals surface area contributed by atoms with Crippen LogP contribution in [-0.4, -0.2) is 4.98 Å². The van der Waals surface area contributed by atoms with E-state index in [0.717, 1.165) is 16.9 Å². The van der Waals surface area contributed by atoms with Crippen molar-refractivity contribution in [2.24, 2.45) is 5.73 Å². The molecule has 0 amide bonds. The lowest BCUT2D eigenvalue weighted by molar-refractivity contribution is 0.513. The van der Waals surface area contributed by atoms with E-state index in [-0.39, 0.29) is 6.04 Å². The normalized spacial score (nSPS) is 13.5. The SMILES string of the molecule is CC(N)c1cc2ncccc2o1. The van der Waals surface area contributed by atoms with Gasteiger partial charge in [0.05, 0.1) is 6.04 Å². The molecule has 2 aromatic heterocycles. The molecule has 2 aromatic rings. The fraction of sp³-hybridized carbons (Fsp3) is 0.222. The van der Waals surface area contributed by atoms with Crippen LogP contribution in [0.3, 0.4) is 0 Å². The van der Waals surface area contributed by atoms with Gasteiger partial charge in [0, 0.05) is 12.3 Å². The van der Waals surface area contributed by atoms with E-state index in [4.69, 9.17) is 10.2 Å². The van der Waals surface area contributed by atoms with Gasteiger partial charge in [-0.3, -0.25) is 4.98 Å². The number of fused-ring (bicyclic) bond motifs is 1. The molecule has 2 heterocycles. The van der Waals surface area contributed by atoms with Crippen molar-refractivity contribution >= 4 is 11.1 Å². The highest BCUT2D eigenvalue weighted by atomic mass is 16.3. The minimum atomic E-state index is -0.0702. The minimum absolute atomic E-state index is 0.0702. The summed E-state index contributed by atoms with van der Waals surface area (Å²) in [6, 6.07) is 5.53. The Morgan fingerprint density at radius 1 is 1.58 bits per heavy atom. The van der Waals surface area contributed by atoms with Crippen LogP contribution < -0.4 is 5.73 Å². The summed E-state index contributed by atoms with van der Waals surface area (Å²) in [4.78, 5) is 4.13. The van der Waals surface area contributed by atoms with Gasteiger partial charge in [-0.25, -0.2) is 0 Å². The van der Waals surface area contributed by atoms with Crippen molar-refractivity contribution in [3.63, 3.8) is 0 Å². The van der Waals surface area contributed by atoms with Crippen LogP contribution in [0.15, 0.2) is 28.8 Å². The predicted octanol–water partition coefficient (Wildman–Crippen LogP) is 1.85. The summed E-state index contributed by atoms with van der Waals surface area (Å²) in [5, 5.41) is 0. The van der Waals surface area contributed by atoms with Crippen molar-refractivity contribution in [1.82, 2.24) is 4.98 Å². The average Bonchev–Trinajstić information content (AvgIpc) is 2.46. The van der Waals surface area contributed by atoms with Gasteiger partial charge in [-0.05, 0) is 19.1 Å². The fourth-order valence-electron chi connectivity index (χ4n) is 1.11. The first-order valence-electron chi connectivity index (χ1n) is 3.87. The maximum Gasteiger partial charge on any atom is 0.152 e. The molecular formula is C9H10N2O. The Morgan fingerprint density at radius 2 is 2.42 bits per heavy atom. The second kappa shape index (κ2) is 2.60. The molecule has 0 radical (unpaired) electrons. The summed E-state index contributed by atoms with van der Waals surface area (Å²) in [6.07, 6.45) is 1.74. The molecule has 0 saturated carbocycles. The van der Waals surface area contributed by atoms with Crippen molar-refractivity contribution in [3.05, 3.63) is 30.2 Å². The summed E-state index contributed by atoms with van der Waals surface area (Å²) in [5.41, 5.74) is 7.32. The third-order valence-corrected chi connectivity index (χ3v) is 1.76. The second-order valence-corrected chi connectivity index (χ2v) is 2.82. The van der Waals surface area contributed by atoms with Gasteiger partial charge in [-0.2, -0.15) is 0 Å². The predicted molar refractivity (Wildman–Crippen MR) is 46.6 cm³/mol. The Morgan fingerprint density at radius 3 is 3.08 bits per heavy atom. The molecule has 12 heavy (non-hydrogen) atoms. The molecule has 62 valence electrons. The lowest BCUT2D eigenvalue weighted by Gasteiger charge is -1.96. The molecule has 2 N–H and O–H groups in total. The molecule has 0 saturated heterocycles. The monoisotopic (exact) mass is 162 g/mol. The number of hydrogen-bond donors (Lipinski definition) is 1. The Labute approximate surface area is 70.2 Å². The van der Waals surface area contributed by atoms with Crippen LogP contribution >= 0.6 is 0 Å². The Balaban J connectivity index is 2.62. The van der Waals surface area contributed by atoms with E-state index < -0.39 is 0 Å². The van der Waals surface area contributed by atoms with Crippen LogP contribution in [0, 0.1) is 0 Å². The zero-order valence-electron chi connectivity index (χ0n) is 6.82. The molecule has 0 aromatic carbocycles. The second-order valence-electron chi connectivity index (χ2n) is 2.82. The highest BCUT2D eigenvalue weighted by molar-refractivity contribution is 5.72. The number of rotatable bonds is 1. The van der Waals surface area contributed by atoms with Crippen LogP contribution in [-0.2, 0) is 0 Å². The maximum absolute atomic E-state index is 5.66. The van der Waals surface area contributed by atoms with Crippen LogP contribution in [0.4, 0.5) is 0 Å². The van der Waals surface area contributed by atoms with Gasteiger partial charge in [0.15, 0.2) is 5.58 Å². The van der Waals surface area contributed by atoms with Gasteiger partial charge in [0.25, 0.3) is 0 Å². The highest BCUT2D eigenvalue weighted by Gasteiger charge is 2.06. The van der Waals surface area contributed by atoms with Gasteiger partial charge >= 0.3 is 0 Å². The number of furan rings is 1. The number of aromatic nitrogens is 1. The zero-order valence-corrected chi connectivity index (χ0v) is 6.82. The van der Waals surface area contributed by atoms with E-state index in [9.17, 15) is 0 Å². The van der Waals surface area contributed by atoms with Crippen molar-refractivity contribution in [2.45, 2.75) is 13.0 Å². The molecule has 0 spiro atoms. The van der Waals surface area contributed by atoms with E-state index in [1.54, 1.807) is 6.20 Å². The van der Waals surface area contributed by atoms with Gasteiger partial charge in [-0.1, -0.05) is 0 Å². The molecule has 2 rings (SSSR count). The molecule has 0 aliphatic heterocycles. The third-order valence-electron chi connectivity index (χ3n) is 1.76. The molecular weight excluding hydrogens is 152 g/mol. The molecule has 3 heteroatoms. The quantitative estimate of drug-likeness (QED) is 0.696. The number of pyridine rings is 1. The summed E-state index contributed by atoms with van der Waals surface area (Å²) in [6.45, 7) is 1.89. The smallest absolute Gasteiger partial charge is 0.152 e. The molecule has 3 nitrogen and oxygen atoms in total. The van der Waals surface area contributed by atoms with E-state index in [1.807, 2.05) is 25.1 Å². The van der Waals surface area contributed by atoms with Crippen LogP contribution in [0.25, 0.3) is 11.1 Å². The van der Waals surface area contributed by atoms with Crippen molar-refractivity contribution in [2.75, 3.05) is 0 Å². The lowest BCUT2D eigenvalue weighted by Crippen LogP contribution is -2.02. The molecule has 0 fully saturated rings. The van der Waals surface area contributed by atoms with E-state index in [0.29, 0.717) is 0 Å². The lowest BCUT2D eigenvalue weighted by atomic mass is 10.3. The first-order chi connectivity index (χ1) is 5.77. The number of nitrogens with zero attached hydrogens (tertiary/aromatic N) is 1. The average molecular weight is 162 g/mol. The summed E-state index contributed by atoms with van der Waals surface area (Å²) >= 11 is 0. The van der Waals surface area contributed by atoms with E-state index >= 15 is 0 Å². The topological polar surface area (TPSA) is 52.0 Å². The van der Waals surface area contributed by atoms with Crippen LogP contribution in [0.5, 0.6) is 0 Å². The number of nitrogens with two attached hydrogens (primary N) is 1. The third kappa shape index (κ3) is 1.08. The molecule has 0 aliphatic carbocycles. The molecule has 1 unspecified atom stereocenters. The standard InChI is InChI=1S/C9H10N2O/c1-6(10)9-5-7-8(12-9)3-2-4-11-7/h2-6H,10H2,1H3. The van der Waals surface area contributed by atoms with Gasteiger partial charge < -0.3 is 10.2 Å². The number of hydrogen-bond acceptors (Lipinski definition) is 3. The van der Waals surface area contributed by atoms with Gasteiger partial charge in [0.2, 0.25) is 0 Å². The molecule has 1 atom stereocenters. The Bertz CT molecular complexity index is 359. The summed E-state index contributed by atoms with van der Waals surface area (Å²) in [5.74, 6) is 0.781. The van der Waals surface area contributed by atoms with E-state index in [1.165, 1.54) is 0 Å². The minimum Gasteiger partial charge on any atom is -0.458 e. The largest absolute Gasteiger partial charge is 0.458 e. The van der Waals surface area contributed by atoms with Crippen molar-refractivity contribution in [1.29, 1.82) is 0 Å². The first-order valence-corrected chi connectivity index (χ1v) is 3.87. The van der Waals surface area contributed by atoms with Crippen LogP contribution in [0.2, 0.25) is 0 Å².